The summed E-state index contributed by atoms with van der Waals surface area (Å²) in [5, 5.41) is 19.8. The van der Waals surface area contributed by atoms with Crippen LogP contribution in [0, 0.1) is 10.1 Å². The summed E-state index contributed by atoms with van der Waals surface area (Å²) in [6, 6.07) is 11.7. The van der Waals surface area contributed by atoms with Crippen molar-refractivity contribution in [1.29, 1.82) is 0 Å². The molecule has 3 aromatic rings. The molecule has 0 aliphatic heterocycles. The molecule has 3 rings (SSSR count). The Hall–Kier alpha value is -2.58. The van der Waals surface area contributed by atoms with E-state index in [1.165, 1.54) is 17.8 Å². The first-order chi connectivity index (χ1) is 12.1. The third-order valence-electron chi connectivity index (χ3n) is 3.14. The minimum atomic E-state index is -0.484. The highest BCUT2D eigenvalue weighted by Crippen LogP contribution is 2.36. The van der Waals surface area contributed by atoms with Gasteiger partial charge in [-0.3, -0.25) is 10.1 Å². The van der Waals surface area contributed by atoms with E-state index in [0.717, 1.165) is 0 Å². The van der Waals surface area contributed by atoms with Gasteiger partial charge in [0.1, 0.15) is 0 Å². The third kappa shape index (κ3) is 3.92. The second-order valence-electron chi connectivity index (χ2n) is 4.77. The lowest BCUT2D eigenvalue weighted by Crippen LogP contribution is -1.97. The van der Waals surface area contributed by atoms with Gasteiger partial charge in [-0.05, 0) is 36.9 Å². The third-order valence-corrected chi connectivity index (χ3v) is 4.30. The summed E-state index contributed by atoms with van der Waals surface area (Å²) in [5.41, 5.74) is 0.552. The van der Waals surface area contributed by atoms with Crippen LogP contribution in [0.25, 0.3) is 11.5 Å². The van der Waals surface area contributed by atoms with Crippen molar-refractivity contribution in [3.8, 4) is 17.2 Å². The molecule has 128 valence electrons. The molecule has 0 saturated heterocycles. The van der Waals surface area contributed by atoms with Crippen LogP contribution in [-0.2, 0) is 0 Å². The van der Waals surface area contributed by atoms with Gasteiger partial charge in [0.05, 0.1) is 22.1 Å². The van der Waals surface area contributed by atoms with E-state index in [1.807, 2.05) is 12.1 Å². The fraction of sp³-hybridized carbons (Fsp3) is 0.125. The van der Waals surface area contributed by atoms with Crippen molar-refractivity contribution in [2.24, 2.45) is 0 Å². The van der Waals surface area contributed by atoms with Crippen LogP contribution >= 0.6 is 23.4 Å². The average molecular weight is 378 g/mol. The van der Waals surface area contributed by atoms with Crippen molar-refractivity contribution in [3.05, 3.63) is 57.6 Å². The van der Waals surface area contributed by atoms with E-state index >= 15 is 0 Å². The molecular formula is C16H12ClN3O4S. The smallest absolute Gasteiger partial charge is 0.310 e. The van der Waals surface area contributed by atoms with Crippen molar-refractivity contribution in [2.45, 2.75) is 17.0 Å². The first-order valence-electron chi connectivity index (χ1n) is 7.26. The van der Waals surface area contributed by atoms with Gasteiger partial charge < -0.3 is 9.15 Å². The molecule has 0 aliphatic carbocycles. The maximum atomic E-state index is 11.0. The number of aromatic nitrogens is 2. The first kappa shape index (κ1) is 17.2. The van der Waals surface area contributed by atoms with Gasteiger partial charge in [0.25, 0.3) is 5.22 Å². The summed E-state index contributed by atoms with van der Waals surface area (Å²) in [4.78, 5) is 11.2. The lowest BCUT2D eigenvalue weighted by molar-refractivity contribution is -0.385. The Balaban J connectivity index is 1.85. The lowest BCUT2D eigenvalue weighted by atomic mass is 10.2. The molecular weight excluding hydrogens is 366 g/mol. The van der Waals surface area contributed by atoms with Crippen molar-refractivity contribution < 1.29 is 14.1 Å². The predicted octanol–water partition coefficient (Wildman–Crippen LogP) is 4.85. The van der Waals surface area contributed by atoms with Gasteiger partial charge in [0.15, 0.2) is 5.75 Å². The van der Waals surface area contributed by atoms with Crippen molar-refractivity contribution in [3.63, 3.8) is 0 Å². The molecule has 0 atom stereocenters. The van der Waals surface area contributed by atoms with Crippen molar-refractivity contribution >= 4 is 29.1 Å². The quantitative estimate of drug-likeness (QED) is 0.448. The van der Waals surface area contributed by atoms with Crippen LogP contribution in [-0.4, -0.2) is 21.7 Å². The number of benzene rings is 2. The fourth-order valence-corrected chi connectivity index (χ4v) is 3.00. The molecule has 0 N–H and O–H groups in total. The molecule has 0 amide bonds. The number of hydrogen-bond acceptors (Lipinski definition) is 7. The molecule has 7 nitrogen and oxygen atoms in total. The normalized spacial score (nSPS) is 10.6. The lowest BCUT2D eigenvalue weighted by Gasteiger charge is -2.05. The van der Waals surface area contributed by atoms with E-state index in [1.54, 1.807) is 31.2 Å². The van der Waals surface area contributed by atoms with Crippen LogP contribution in [0.15, 0.2) is 57.0 Å². The monoisotopic (exact) mass is 377 g/mol. The van der Waals surface area contributed by atoms with Crippen LogP contribution in [0.1, 0.15) is 6.92 Å². The van der Waals surface area contributed by atoms with Gasteiger partial charge >= 0.3 is 5.69 Å². The van der Waals surface area contributed by atoms with Crippen LogP contribution in [0.3, 0.4) is 0 Å². The Bertz CT molecular complexity index is 916. The van der Waals surface area contributed by atoms with Gasteiger partial charge in [-0.2, -0.15) is 0 Å². The molecule has 0 unspecified atom stereocenters. The summed E-state index contributed by atoms with van der Waals surface area (Å²) in [5.74, 6) is 0.503. The second-order valence-corrected chi connectivity index (χ2v) is 6.21. The second kappa shape index (κ2) is 7.54. The van der Waals surface area contributed by atoms with E-state index in [9.17, 15) is 10.1 Å². The topological polar surface area (TPSA) is 91.3 Å². The van der Waals surface area contributed by atoms with E-state index in [2.05, 4.69) is 10.2 Å². The highest BCUT2D eigenvalue weighted by atomic mass is 35.5. The number of halogens is 1. The molecule has 25 heavy (non-hydrogen) atoms. The molecule has 0 bridgehead atoms. The summed E-state index contributed by atoms with van der Waals surface area (Å²) in [6.07, 6.45) is 0. The number of hydrogen-bond donors (Lipinski definition) is 0. The largest absolute Gasteiger partial charge is 0.487 e. The van der Waals surface area contributed by atoms with Gasteiger partial charge in [-0.1, -0.05) is 23.7 Å². The fourth-order valence-electron chi connectivity index (χ4n) is 2.08. The maximum Gasteiger partial charge on any atom is 0.310 e. The SMILES string of the molecule is CCOc1cc(Sc2nnc(-c3ccccc3Cl)o2)ccc1[N+](=O)[O-]. The predicted molar refractivity (Wildman–Crippen MR) is 93.1 cm³/mol. The molecule has 0 aliphatic rings. The average Bonchev–Trinajstić information content (AvgIpc) is 3.04. The number of nitro groups is 1. The standard InChI is InChI=1S/C16H12ClN3O4S/c1-2-23-14-9-10(7-8-13(14)20(21)22)25-16-19-18-15(24-16)11-5-3-4-6-12(11)17/h3-9H,2H2,1H3. The molecule has 2 aromatic carbocycles. The zero-order chi connectivity index (χ0) is 17.8. The van der Waals surface area contributed by atoms with Crippen molar-refractivity contribution in [1.82, 2.24) is 10.2 Å². The van der Waals surface area contributed by atoms with Crippen LogP contribution in [0.5, 0.6) is 5.75 Å². The Morgan fingerprint density at radius 2 is 2.08 bits per heavy atom. The van der Waals surface area contributed by atoms with E-state index < -0.39 is 4.92 Å². The molecule has 0 fully saturated rings. The number of rotatable bonds is 6. The highest BCUT2D eigenvalue weighted by Gasteiger charge is 2.17. The maximum absolute atomic E-state index is 11.0. The summed E-state index contributed by atoms with van der Waals surface area (Å²) in [7, 11) is 0. The number of nitrogens with zero attached hydrogens (tertiary/aromatic N) is 3. The Labute approximate surface area is 152 Å². The van der Waals surface area contributed by atoms with Crippen LogP contribution in [0.2, 0.25) is 5.02 Å². The minimum absolute atomic E-state index is 0.0894. The Morgan fingerprint density at radius 1 is 1.28 bits per heavy atom. The summed E-state index contributed by atoms with van der Waals surface area (Å²) >= 11 is 7.30. The molecule has 0 radical (unpaired) electrons. The van der Waals surface area contributed by atoms with Crippen LogP contribution in [0.4, 0.5) is 5.69 Å². The van der Waals surface area contributed by atoms with Gasteiger partial charge in [-0.15, -0.1) is 10.2 Å². The zero-order valence-corrected chi connectivity index (χ0v) is 14.6. The van der Waals surface area contributed by atoms with E-state index in [4.69, 9.17) is 20.8 Å². The van der Waals surface area contributed by atoms with E-state index in [-0.39, 0.29) is 11.4 Å². The summed E-state index contributed by atoms with van der Waals surface area (Å²) in [6.45, 7) is 2.09. The number of nitro benzene ring substituents is 1. The van der Waals surface area contributed by atoms with E-state index in [0.29, 0.717) is 33.2 Å². The van der Waals surface area contributed by atoms with Gasteiger partial charge in [-0.25, -0.2) is 0 Å². The van der Waals surface area contributed by atoms with Gasteiger partial charge in [0, 0.05) is 17.0 Å². The molecule has 0 spiro atoms. The minimum Gasteiger partial charge on any atom is -0.487 e. The number of ether oxygens (including phenoxy) is 1. The van der Waals surface area contributed by atoms with Gasteiger partial charge in [0.2, 0.25) is 5.89 Å². The Morgan fingerprint density at radius 3 is 2.80 bits per heavy atom. The molecule has 0 saturated carbocycles. The first-order valence-corrected chi connectivity index (χ1v) is 8.45. The highest BCUT2D eigenvalue weighted by molar-refractivity contribution is 7.99. The molecule has 1 heterocycles. The summed E-state index contributed by atoms with van der Waals surface area (Å²) < 4.78 is 10.9. The van der Waals surface area contributed by atoms with Crippen LogP contribution < -0.4 is 4.74 Å². The molecule has 9 heteroatoms. The zero-order valence-electron chi connectivity index (χ0n) is 13.0. The van der Waals surface area contributed by atoms with Crippen molar-refractivity contribution in [2.75, 3.05) is 6.61 Å². The molecule has 1 aromatic heterocycles. The Kier molecular flexibility index (Phi) is 5.20.